The number of nitrogens with one attached hydrogen (secondary N) is 2. The summed E-state index contributed by atoms with van der Waals surface area (Å²) in [4.78, 5) is 12.3. The summed E-state index contributed by atoms with van der Waals surface area (Å²) in [6.45, 7) is 2.50. The standard InChI is InChI=1S/C24H26F6N2O2/c1-14-3-2-4-16(21(14)33)13-31-20-7-5-15(6-8-20)12-32-22(34)17-9-18(23(25,26)27)11-19(10-17)24(28,29)30/h2-4,9-11,15,20,31,33H,5-8,12-13H2,1H3,(H,32,34)/t15-,20-. The lowest BCUT2D eigenvalue weighted by Crippen LogP contribution is -2.36. The highest BCUT2D eigenvalue weighted by molar-refractivity contribution is 5.94. The third kappa shape index (κ3) is 6.65. The lowest BCUT2D eigenvalue weighted by atomic mass is 9.86. The number of alkyl halides is 6. The number of halogens is 6. The summed E-state index contributed by atoms with van der Waals surface area (Å²) in [5.74, 6) is -0.635. The number of phenols is 1. The number of aromatic hydroxyl groups is 1. The van der Waals surface area contributed by atoms with Crippen LogP contribution in [0.4, 0.5) is 26.3 Å². The topological polar surface area (TPSA) is 61.4 Å². The summed E-state index contributed by atoms with van der Waals surface area (Å²) in [6.07, 6.45) is -6.92. The molecule has 0 aromatic heterocycles. The molecule has 3 N–H and O–H groups in total. The first-order chi connectivity index (χ1) is 15.8. The molecule has 4 nitrogen and oxygen atoms in total. The number of carbonyl (C=O) groups is 1. The van der Waals surface area contributed by atoms with Gasteiger partial charge in [0, 0.05) is 30.3 Å². The maximum Gasteiger partial charge on any atom is 0.416 e. The Balaban J connectivity index is 1.53. The van der Waals surface area contributed by atoms with E-state index in [9.17, 15) is 36.2 Å². The Morgan fingerprint density at radius 2 is 1.56 bits per heavy atom. The van der Waals surface area contributed by atoms with E-state index in [1.807, 2.05) is 25.1 Å². The number of amides is 1. The van der Waals surface area contributed by atoms with Crippen molar-refractivity contribution in [1.29, 1.82) is 0 Å². The predicted octanol–water partition coefficient (Wildman–Crippen LogP) is 5.82. The molecule has 0 unspecified atom stereocenters. The van der Waals surface area contributed by atoms with Crippen LogP contribution in [0.25, 0.3) is 0 Å². The van der Waals surface area contributed by atoms with Gasteiger partial charge in [-0.1, -0.05) is 18.2 Å². The van der Waals surface area contributed by atoms with Crippen molar-refractivity contribution in [3.63, 3.8) is 0 Å². The molecule has 10 heteroatoms. The summed E-state index contributed by atoms with van der Waals surface area (Å²) >= 11 is 0. The van der Waals surface area contributed by atoms with E-state index in [4.69, 9.17) is 0 Å². The Kier molecular flexibility index (Phi) is 7.80. The van der Waals surface area contributed by atoms with Crippen LogP contribution in [0.5, 0.6) is 5.75 Å². The van der Waals surface area contributed by atoms with Crippen molar-refractivity contribution in [2.75, 3.05) is 6.54 Å². The smallest absolute Gasteiger partial charge is 0.416 e. The van der Waals surface area contributed by atoms with Crippen molar-refractivity contribution in [3.8, 4) is 5.75 Å². The number of hydrogen-bond donors (Lipinski definition) is 3. The predicted molar refractivity (Wildman–Crippen MR) is 114 cm³/mol. The van der Waals surface area contributed by atoms with E-state index in [1.54, 1.807) is 0 Å². The van der Waals surface area contributed by atoms with Gasteiger partial charge in [0.25, 0.3) is 5.91 Å². The molecule has 0 heterocycles. The molecule has 0 atom stereocenters. The Morgan fingerprint density at radius 1 is 0.971 bits per heavy atom. The zero-order valence-electron chi connectivity index (χ0n) is 18.5. The summed E-state index contributed by atoms with van der Waals surface area (Å²) in [5, 5.41) is 16.0. The Bertz CT molecular complexity index is 979. The highest BCUT2D eigenvalue weighted by Gasteiger charge is 2.37. The summed E-state index contributed by atoms with van der Waals surface area (Å²) in [5.41, 5.74) is -2.11. The van der Waals surface area contributed by atoms with Crippen molar-refractivity contribution in [3.05, 3.63) is 64.2 Å². The summed E-state index contributed by atoms with van der Waals surface area (Å²) < 4.78 is 78.0. The largest absolute Gasteiger partial charge is 0.507 e. The van der Waals surface area contributed by atoms with Gasteiger partial charge in [0.2, 0.25) is 0 Å². The van der Waals surface area contributed by atoms with E-state index >= 15 is 0 Å². The zero-order chi connectivity index (χ0) is 25.1. The van der Waals surface area contributed by atoms with Crippen molar-refractivity contribution >= 4 is 5.91 Å². The van der Waals surface area contributed by atoms with Crippen LogP contribution < -0.4 is 10.6 Å². The van der Waals surface area contributed by atoms with Crippen LogP contribution in [0.2, 0.25) is 0 Å². The molecule has 0 bridgehead atoms. The molecular formula is C24H26F6N2O2. The van der Waals surface area contributed by atoms with Crippen LogP contribution in [0.1, 0.15) is 58.3 Å². The molecule has 3 rings (SSSR count). The van der Waals surface area contributed by atoms with Crippen molar-refractivity contribution in [2.45, 2.75) is 57.5 Å². The van der Waals surface area contributed by atoms with Crippen molar-refractivity contribution < 1.29 is 36.2 Å². The molecule has 0 radical (unpaired) electrons. The minimum absolute atomic E-state index is 0.00154. The van der Waals surface area contributed by atoms with Crippen LogP contribution in [0, 0.1) is 12.8 Å². The third-order valence-electron chi connectivity index (χ3n) is 6.15. The first kappa shape index (κ1) is 25.9. The molecule has 1 saturated carbocycles. The first-order valence-corrected chi connectivity index (χ1v) is 10.9. The minimum atomic E-state index is -5.00. The Morgan fingerprint density at radius 3 is 2.12 bits per heavy atom. The van der Waals surface area contributed by atoms with Crippen LogP contribution in [-0.2, 0) is 18.9 Å². The number of rotatable bonds is 6. The fourth-order valence-electron chi connectivity index (χ4n) is 4.11. The molecule has 0 spiro atoms. The highest BCUT2D eigenvalue weighted by Crippen LogP contribution is 2.36. The van der Waals surface area contributed by atoms with Gasteiger partial charge in [-0.25, -0.2) is 0 Å². The average molecular weight is 488 g/mol. The number of para-hydroxylation sites is 1. The SMILES string of the molecule is Cc1cccc(CN[C@H]2CC[C@H](CNC(=O)c3cc(C(F)(F)F)cc(C(F)(F)F)c3)CC2)c1O. The van der Waals surface area contributed by atoms with E-state index in [1.165, 1.54) is 0 Å². The van der Waals surface area contributed by atoms with Crippen LogP contribution in [0.3, 0.4) is 0 Å². The second kappa shape index (κ2) is 10.2. The molecule has 2 aromatic rings. The van der Waals surface area contributed by atoms with Gasteiger partial charge in [0.1, 0.15) is 5.75 Å². The molecule has 2 aromatic carbocycles. The molecule has 1 aliphatic carbocycles. The zero-order valence-corrected chi connectivity index (χ0v) is 18.5. The number of phenolic OH excluding ortho intramolecular Hbond substituents is 1. The van der Waals surface area contributed by atoms with Gasteiger partial charge in [0.05, 0.1) is 11.1 Å². The van der Waals surface area contributed by atoms with E-state index < -0.39 is 35.0 Å². The fraction of sp³-hybridized carbons (Fsp3) is 0.458. The summed E-state index contributed by atoms with van der Waals surface area (Å²) in [6, 6.07) is 6.62. The number of benzene rings is 2. The lowest BCUT2D eigenvalue weighted by molar-refractivity contribution is -0.143. The Labute approximate surface area is 193 Å². The van der Waals surface area contributed by atoms with Gasteiger partial charge in [-0.3, -0.25) is 4.79 Å². The van der Waals surface area contributed by atoms with E-state index in [2.05, 4.69) is 10.6 Å². The second-order valence-electron chi connectivity index (χ2n) is 8.69. The van der Waals surface area contributed by atoms with E-state index in [-0.39, 0.29) is 30.3 Å². The molecule has 186 valence electrons. The number of carbonyl (C=O) groups excluding carboxylic acids is 1. The third-order valence-corrected chi connectivity index (χ3v) is 6.15. The van der Waals surface area contributed by atoms with Gasteiger partial charge >= 0.3 is 12.4 Å². The molecule has 0 saturated heterocycles. The molecule has 34 heavy (non-hydrogen) atoms. The second-order valence-corrected chi connectivity index (χ2v) is 8.69. The van der Waals surface area contributed by atoms with Gasteiger partial charge in [-0.2, -0.15) is 26.3 Å². The normalized spacial score (nSPS) is 19.1. The highest BCUT2D eigenvalue weighted by atomic mass is 19.4. The quantitative estimate of drug-likeness (QED) is 0.450. The molecule has 1 aliphatic rings. The Hall–Kier alpha value is -2.75. The number of aryl methyl sites for hydroxylation is 1. The van der Waals surface area contributed by atoms with Gasteiger partial charge < -0.3 is 15.7 Å². The van der Waals surface area contributed by atoms with Crippen LogP contribution in [0.15, 0.2) is 36.4 Å². The fourth-order valence-corrected chi connectivity index (χ4v) is 4.11. The van der Waals surface area contributed by atoms with Gasteiger partial charge in [-0.05, 0) is 62.3 Å². The molecule has 0 aliphatic heterocycles. The molecule has 1 amide bonds. The minimum Gasteiger partial charge on any atom is -0.507 e. The van der Waals surface area contributed by atoms with Crippen LogP contribution in [-0.4, -0.2) is 23.6 Å². The lowest BCUT2D eigenvalue weighted by Gasteiger charge is -2.29. The maximum absolute atomic E-state index is 13.0. The number of hydrogen-bond acceptors (Lipinski definition) is 3. The molecule has 1 fully saturated rings. The summed E-state index contributed by atoms with van der Waals surface area (Å²) in [7, 11) is 0. The van der Waals surface area contributed by atoms with Crippen molar-refractivity contribution in [1.82, 2.24) is 10.6 Å². The van der Waals surface area contributed by atoms with Crippen LogP contribution >= 0.6 is 0 Å². The monoisotopic (exact) mass is 488 g/mol. The average Bonchev–Trinajstić information content (AvgIpc) is 2.77. The van der Waals surface area contributed by atoms with E-state index in [0.717, 1.165) is 36.8 Å². The van der Waals surface area contributed by atoms with Crippen molar-refractivity contribution in [2.24, 2.45) is 5.92 Å². The molecular weight excluding hydrogens is 462 g/mol. The van der Waals surface area contributed by atoms with E-state index in [0.29, 0.717) is 18.7 Å². The van der Waals surface area contributed by atoms with Gasteiger partial charge in [-0.15, -0.1) is 0 Å². The first-order valence-electron chi connectivity index (χ1n) is 10.9. The maximum atomic E-state index is 13.0. The van der Waals surface area contributed by atoms with Gasteiger partial charge in [0.15, 0.2) is 0 Å².